The van der Waals surface area contributed by atoms with E-state index in [-0.39, 0.29) is 50.7 Å². The summed E-state index contributed by atoms with van der Waals surface area (Å²) in [4.78, 5) is 0. The molecular weight excluding hydrogens is 538 g/mol. The van der Waals surface area contributed by atoms with Crippen molar-refractivity contribution in [2.45, 2.75) is 13.8 Å². The zero-order valence-electron chi connectivity index (χ0n) is 15.5. The van der Waals surface area contributed by atoms with E-state index in [2.05, 4.69) is 111 Å². The minimum atomic E-state index is 0. The molecule has 136 valence electrons. The van der Waals surface area contributed by atoms with Crippen LogP contribution in [0.25, 0.3) is 22.3 Å². The molecule has 0 saturated carbocycles. The van der Waals surface area contributed by atoms with Gasteiger partial charge in [0.1, 0.15) is 0 Å². The topological polar surface area (TPSA) is 0 Å². The monoisotopic (exact) mass is 560 g/mol. The van der Waals surface area contributed by atoms with Crippen LogP contribution in [-0.2, 0) is 25.8 Å². The van der Waals surface area contributed by atoms with Gasteiger partial charge in [0.2, 0.25) is 0 Å². The average Bonchev–Trinajstić information content (AvgIpc) is 3.29. The van der Waals surface area contributed by atoms with Gasteiger partial charge in [-0.05, 0) is 13.8 Å². The molecular formula is C24H22Cl2Hf. The molecule has 0 aliphatic rings. The van der Waals surface area contributed by atoms with Crippen LogP contribution in [-0.4, -0.2) is 0 Å². The summed E-state index contributed by atoms with van der Waals surface area (Å²) >= 11 is 0. The first-order valence-electron chi connectivity index (χ1n) is 8.30. The molecule has 4 aromatic carbocycles. The van der Waals surface area contributed by atoms with Gasteiger partial charge < -0.3 is 24.8 Å². The van der Waals surface area contributed by atoms with Crippen LogP contribution in [0.4, 0.5) is 0 Å². The van der Waals surface area contributed by atoms with Gasteiger partial charge in [0, 0.05) is 0 Å². The van der Waals surface area contributed by atoms with E-state index in [1.54, 1.807) is 0 Å². The maximum absolute atomic E-state index is 2.20. The summed E-state index contributed by atoms with van der Waals surface area (Å²) in [5.41, 5.74) is 7.85. The second-order valence-corrected chi connectivity index (χ2v) is 6.09. The Kier molecular flexibility index (Phi) is 12.2. The fourth-order valence-corrected chi connectivity index (χ4v) is 2.78. The van der Waals surface area contributed by atoms with E-state index in [1.165, 1.54) is 33.4 Å². The first kappa shape index (κ1) is 25.6. The predicted octanol–water partition coefficient (Wildman–Crippen LogP) is 0.767. The van der Waals surface area contributed by atoms with Crippen LogP contribution in [0, 0.1) is 13.8 Å². The van der Waals surface area contributed by atoms with Gasteiger partial charge in [0.15, 0.2) is 0 Å². The predicted molar refractivity (Wildman–Crippen MR) is 104 cm³/mol. The largest absolute Gasteiger partial charge is 4.00 e. The molecule has 27 heavy (non-hydrogen) atoms. The van der Waals surface area contributed by atoms with Crippen molar-refractivity contribution in [1.82, 2.24) is 0 Å². The minimum absolute atomic E-state index is 0. The van der Waals surface area contributed by atoms with E-state index in [9.17, 15) is 0 Å². The number of hydrogen-bond donors (Lipinski definition) is 0. The van der Waals surface area contributed by atoms with Crippen LogP contribution in [0.2, 0.25) is 0 Å². The van der Waals surface area contributed by atoms with Crippen molar-refractivity contribution in [2.75, 3.05) is 0 Å². The SMILES string of the molecule is Cc1cccc(-[c-]2cccc2)c1.Cc1cccc(-[c-]2cccc2)c1.[Cl-].[Cl-].[Hf+4]. The Hall–Kier alpha value is -1.41. The quantitative estimate of drug-likeness (QED) is 0.252. The number of halogens is 2. The fraction of sp³-hybridized carbons (Fsp3) is 0.0833. The maximum Gasteiger partial charge on any atom is 4.00 e. The molecule has 0 fully saturated rings. The molecule has 0 aromatic heterocycles. The molecule has 3 heteroatoms. The molecule has 0 aliphatic carbocycles. The third-order valence-electron chi connectivity index (χ3n) is 4.03. The zero-order chi connectivity index (χ0) is 16.8. The fourth-order valence-electron chi connectivity index (χ4n) is 2.78. The first-order chi connectivity index (χ1) is 11.7. The molecule has 4 rings (SSSR count). The van der Waals surface area contributed by atoms with E-state index in [1.807, 2.05) is 0 Å². The van der Waals surface area contributed by atoms with Crippen molar-refractivity contribution in [3.8, 4) is 22.3 Å². The van der Waals surface area contributed by atoms with Crippen LogP contribution in [0.5, 0.6) is 0 Å². The van der Waals surface area contributed by atoms with Gasteiger partial charge in [-0.2, -0.15) is 24.3 Å². The van der Waals surface area contributed by atoms with E-state index >= 15 is 0 Å². The number of hydrogen-bond acceptors (Lipinski definition) is 0. The van der Waals surface area contributed by atoms with Crippen molar-refractivity contribution in [1.29, 1.82) is 0 Å². The molecule has 0 amide bonds. The minimum Gasteiger partial charge on any atom is -1.00 e. The van der Waals surface area contributed by atoms with E-state index in [4.69, 9.17) is 0 Å². The summed E-state index contributed by atoms with van der Waals surface area (Å²) in [5.74, 6) is 0. The van der Waals surface area contributed by atoms with Crippen molar-refractivity contribution < 1.29 is 50.7 Å². The summed E-state index contributed by atoms with van der Waals surface area (Å²) < 4.78 is 0. The van der Waals surface area contributed by atoms with Crippen LogP contribution in [0.1, 0.15) is 11.1 Å². The number of aryl methyl sites for hydroxylation is 2. The van der Waals surface area contributed by atoms with Crippen LogP contribution in [0.3, 0.4) is 0 Å². The van der Waals surface area contributed by atoms with Crippen molar-refractivity contribution in [3.05, 3.63) is 108 Å². The van der Waals surface area contributed by atoms with Gasteiger partial charge in [-0.25, -0.2) is 0 Å². The molecule has 0 aliphatic heterocycles. The van der Waals surface area contributed by atoms with Gasteiger partial charge >= 0.3 is 25.8 Å². The van der Waals surface area contributed by atoms with Gasteiger partial charge in [-0.1, -0.05) is 46.5 Å². The standard InChI is InChI=1S/2C12H11.2ClH.Hf/c2*1-10-5-4-8-12(9-10)11-6-2-3-7-11;;;/h2*2-9H,1H3;2*1H;/q2*-1;;;+4/p-2. The Bertz CT molecular complexity index is 803. The van der Waals surface area contributed by atoms with E-state index in [0.29, 0.717) is 0 Å². The van der Waals surface area contributed by atoms with Crippen LogP contribution in [0.15, 0.2) is 97.1 Å². The second kappa shape index (κ2) is 12.9. The summed E-state index contributed by atoms with van der Waals surface area (Å²) in [7, 11) is 0. The van der Waals surface area contributed by atoms with Gasteiger partial charge in [-0.15, -0.1) is 59.7 Å². The third-order valence-corrected chi connectivity index (χ3v) is 4.03. The molecule has 0 saturated heterocycles. The van der Waals surface area contributed by atoms with E-state index < -0.39 is 0 Å². The molecule has 0 nitrogen and oxygen atoms in total. The third kappa shape index (κ3) is 7.62. The first-order valence-corrected chi connectivity index (χ1v) is 8.30. The Morgan fingerprint density at radius 1 is 0.519 bits per heavy atom. The normalized spacial score (nSPS) is 8.96. The molecule has 4 aromatic rings. The maximum atomic E-state index is 2.20. The van der Waals surface area contributed by atoms with Crippen molar-refractivity contribution in [2.24, 2.45) is 0 Å². The number of benzene rings is 2. The Morgan fingerprint density at radius 2 is 0.852 bits per heavy atom. The molecule has 0 unspecified atom stereocenters. The summed E-state index contributed by atoms with van der Waals surface area (Å²) in [6.45, 7) is 4.24. The molecule has 0 atom stereocenters. The molecule has 0 heterocycles. The average molecular weight is 560 g/mol. The molecule has 0 bridgehead atoms. The van der Waals surface area contributed by atoms with Crippen molar-refractivity contribution in [3.63, 3.8) is 0 Å². The summed E-state index contributed by atoms with van der Waals surface area (Å²) in [6.07, 6.45) is 0. The Labute approximate surface area is 194 Å². The Balaban J connectivity index is 0.000000451. The van der Waals surface area contributed by atoms with Gasteiger partial charge in [0.05, 0.1) is 0 Å². The van der Waals surface area contributed by atoms with Gasteiger partial charge in [-0.3, -0.25) is 0 Å². The van der Waals surface area contributed by atoms with Crippen LogP contribution < -0.4 is 24.8 Å². The smallest absolute Gasteiger partial charge is 1.00 e. The second-order valence-electron chi connectivity index (χ2n) is 6.09. The number of rotatable bonds is 2. The van der Waals surface area contributed by atoms with Gasteiger partial charge in [0.25, 0.3) is 0 Å². The van der Waals surface area contributed by atoms with Crippen molar-refractivity contribution >= 4 is 0 Å². The summed E-state index contributed by atoms with van der Waals surface area (Å²) in [5, 5.41) is 0. The molecule has 0 N–H and O–H groups in total. The Morgan fingerprint density at radius 3 is 1.15 bits per heavy atom. The van der Waals surface area contributed by atoms with E-state index in [0.717, 1.165) is 0 Å². The molecule has 0 radical (unpaired) electrons. The molecule has 0 spiro atoms. The summed E-state index contributed by atoms with van der Waals surface area (Å²) in [6, 6.07) is 33.9. The van der Waals surface area contributed by atoms with Crippen LogP contribution >= 0.6 is 0 Å². The zero-order valence-corrected chi connectivity index (χ0v) is 20.6.